The van der Waals surface area contributed by atoms with E-state index in [-0.39, 0.29) is 24.9 Å². The second kappa shape index (κ2) is 6.51. The molecule has 24 heavy (non-hydrogen) atoms. The van der Waals surface area contributed by atoms with Gasteiger partial charge in [0, 0.05) is 23.7 Å². The number of halogens is 2. The number of rotatable bonds is 5. The summed E-state index contributed by atoms with van der Waals surface area (Å²) in [6.07, 6.45) is 2.45. The number of hydrogen-bond donors (Lipinski definition) is 1. The van der Waals surface area contributed by atoms with Crippen molar-refractivity contribution in [2.24, 2.45) is 0 Å². The minimum atomic E-state index is -1.02. The summed E-state index contributed by atoms with van der Waals surface area (Å²) in [4.78, 5) is 27.2. The summed E-state index contributed by atoms with van der Waals surface area (Å²) in [5.74, 6) is -2.02. The molecule has 126 valence electrons. The molecule has 0 atom stereocenters. The zero-order valence-corrected chi connectivity index (χ0v) is 12.9. The van der Waals surface area contributed by atoms with Gasteiger partial charge in [-0.05, 0) is 37.3 Å². The zero-order valence-electron chi connectivity index (χ0n) is 12.9. The number of aryl methyl sites for hydroxylation is 2. The molecule has 1 N–H and O–H groups in total. The van der Waals surface area contributed by atoms with Gasteiger partial charge in [-0.1, -0.05) is 6.07 Å². The maximum atomic E-state index is 13.7. The van der Waals surface area contributed by atoms with Crippen LogP contribution in [0.15, 0.2) is 23.0 Å². The van der Waals surface area contributed by atoms with Gasteiger partial charge >= 0.3 is 5.97 Å². The van der Waals surface area contributed by atoms with Crippen LogP contribution in [0.1, 0.15) is 29.1 Å². The van der Waals surface area contributed by atoms with Crippen LogP contribution in [0.25, 0.3) is 0 Å². The standard InChI is InChI=1S/C17H16F2N2O3/c18-11-6-4-10(13(19)8-11)5-7-15-20-17(24)12-2-1-3-14(12)21(15)9-16(22)23/h4,6,8H,1-3,5,7,9H2,(H,22,23). The summed E-state index contributed by atoms with van der Waals surface area (Å²) in [6.45, 7) is -0.281. The van der Waals surface area contributed by atoms with Crippen molar-refractivity contribution in [2.75, 3.05) is 0 Å². The lowest BCUT2D eigenvalue weighted by Crippen LogP contribution is -2.26. The highest BCUT2D eigenvalue weighted by Crippen LogP contribution is 2.20. The first-order chi connectivity index (χ1) is 11.5. The zero-order chi connectivity index (χ0) is 17.3. The number of fused-ring (bicyclic) bond motifs is 1. The average molecular weight is 334 g/mol. The second-order valence-electron chi connectivity index (χ2n) is 5.83. The first kappa shape index (κ1) is 16.3. The minimum Gasteiger partial charge on any atom is -0.480 e. The minimum absolute atomic E-state index is 0.205. The number of aromatic nitrogens is 2. The van der Waals surface area contributed by atoms with E-state index in [1.165, 1.54) is 12.1 Å². The van der Waals surface area contributed by atoms with Gasteiger partial charge in [0.25, 0.3) is 5.56 Å². The van der Waals surface area contributed by atoms with E-state index in [2.05, 4.69) is 4.98 Å². The Bertz CT molecular complexity index is 862. The number of benzene rings is 1. The van der Waals surface area contributed by atoms with Crippen LogP contribution in [0.2, 0.25) is 0 Å². The van der Waals surface area contributed by atoms with Gasteiger partial charge in [-0.25, -0.2) is 8.78 Å². The normalized spacial score (nSPS) is 13.1. The molecule has 0 unspecified atom stereocenters. The van der Waals surface area contributed by atoms with Gasteiger partial charge in [0.15, 0.2) is 0 Å². The predicted octanol–water partition coefficient (Wildman–Crippen LogP) is 1.88. The van der Waals surface area contributed by atoms with Crippen LogP contribution in [-0.4, -0.2) is 20.6 Å². The third kappa shape index (κ3) is 3.20. The van der Waals surface area contributed by atoms with E-state index >= 15 is 0 Å². The Morgan fingerprint density at radius 3 is 2.75 bits per heavy atom. The molecule has 0 aliphatic heterocycles. The molecule has 1 aromatic carbocycles. The molecule has 0 fully saturated rings. The molecular weight excluding hydrogens is 318 g/mol. The van der Waals surface area contributed by atoms with E-state index in [1.54, 1.807) is 4.57 Å². The lowest BCUT2D eigenvalue weighted by molar-refractivity contribution is -0.137. The van der Waals surface area contributed by atoms with E-state index in [0.29, 0.717) is 35.5 Å². The van der Waals surface area contributed by atoms with E-state index in [9.17, 15) is 18.4 Å². The quantitative estimate of drug-likeness (QED) is 0.906. The molecule has 0 bridgehead atoms. The van der Waals surface area contributed by atoms with E-state index in [0.717, 1.165) is 12.5 Å². The molecule has 7 heteroatoms. The van der Waals surface area contributed by atoms with Crippen LogP contribution in [0, 0.1) is 11.6 Å². The molecular formula is C17H16F2N2O3. The molecule has 0 spiro atoms. The predicted molar refractivity (Wildman–Crippen MR) is 81.9 cm³/mol. The summed E-state index contributed by atoms with van der Waals surface area (Å²) in [7, 11) is 0. The fraction of sp³-hybridized carbons (Fsp3) is 0.353. The monoisotopic (exact) mass is 334 g/mol. The Labute approximate surface area is 136 Å². The number of carboxylic acids is 1. The van der Waals surface area contributed by atoms with E-state index in [4.69, 9.17) is 5.11 Å². The third-order valence-electron chi connectivity index (χ3n) is 4.24. The van der Waals surface area contributed by atoms with Crippen molar-refractivity contribution in [1.29, 1.82) is 0 Å². The van der Waals surface area contributed by atoms with Gasteiger partial charge in [0.05, 0.1) is 0 Å². The number of hydrogen-bond acceptors (Lipinski definition) is 3. The van der Waals surface area contributed by atoms with Gasteiger partial charge < -0.3 is 9.67 Å². The van der Waals surface area contributed by atoms with Crippen LogP contribution in [0.3, 0.4) is 0 Å². The smallest absolute Gasteiger partial charge is 0.323 e. The van der Waals surface area contributed by atoms with E-state index < -0.39 is 17.6 Å². The molecule has 1 aliphatic carbocycles. The Balaban J connectivity index is 1.93. The van der Waals surface area contributed by atoms with Crippen LogP contribution < -0.4 is 5.56 Å². The molecule has 3 rings (SSSR count). The molecule has 1 aliphatic rings. The number of nitrogens with zero attached hydrogens (tertiary/aromatic N) is 2. The van der Waals surface area contributed by atoms with Crippen LogP contribution in [0.4, 0.5) is 8.78 Å². The van der Waals surface area contributed by atoms with Gasteiger partial charge in [-0.3, -0.25) is 9.59 Å². The van der Waals surface area contributed by atoms with Crippen molar-refractivity contribution < 1.29 is 18.7 Å². The van der Waals surface area contributed by atoms with Crippen LogP contribution in [-0.2, 0) is 37.0 Å². The average Bonchev–Trinajstić information content (AvgIpc) is 2.99. The molecule has 0 saturated heterocycles. The Morgan fingerprint density at radius 2 is 2.04 bits per heavy atom. The van der Waals surface area contributed by atoms with Crippen LogP contribution in [0.5, 0.6) is 0 Å². The van der Waals surface area contributed by atoms with Crippen molar-refractivity contribution in [3.05, 3.63) is 62.8 Å². The molecule has 5 nitrogen and oxygen atoms in total. The first-order valence-electron chi connectivity index (χ1n) is 7.73. The van der Waals surface area contributed by atoms with Gasteiger partial charge in [-0.15, -0.1) is 0 Å². The summed E-state index contributed by atoms with van der Waals surface area (Å²) in [5.41, 5.74) is 1.26. The van der Waals surface area contributed by atoms with Crippen molar-refractivity contribution >= 4 is 5.97 Å². The van der Waals surface area contributed by atoms with Gasteiger partial charge in [0.1, 0.15) is 24.0 Å². The molecule has 1 heterocycles. The topological polar surface area (TPSA) is 72.2 Å². The lowest BCUT2D eigenvalue weighted by atomic mass is 10.1. The summed E-state index contributed by atoms with van der Waals surface area (Å²) in [5, 5.41) is 9.12. The van der Waals surface area contributed by atoms with Gasteiger partial charge in [-0.2, -0.15) is 4.98 Å². The van der Waals surface area contributed by atoms with Crippen molar-refractivity contribution in [3.8, 4) is 0 Å². The van der Waals surface area contributed by atoms with Gasteiger partial charge in [0.2, 0.25) is 0 Å². The maximum Gasteiger partial charge on any atom is 0.323 e. The molecule has 2 aromatic rings. The summed E-state index contributed by atoms with van der Waals surface area (Å²) < 4.78 is 28.2. The molecule has 1 aromatic heterocycles. The molecule has 0 saturated carbocycles. The summed E-state index contributed by atoms with van der Waals surface area (Å²) in [6, 6.07) is 3.31. The molecule has 0 radical (unpaired) electrons. The number of carboxylic acid groups (broad SMARTS) is 1. The fourth-order valence-electron chi connectivity index (χ4n) is 3.14. The Kier molecular flexibility index (Phi) is 4.42. The van der Waals surface area contributed by atoms with Crippen LogP contribution >= 0.6 is 0 Å². The highest BCUT2D eigenvalue weighted by molar-refractivity contribution is 5.66. The van der Waals surface area contributed by atoms with Crippen molar-refractivity contribution in [3.63, 3.8) is 0 Å². The highest BCUT2D eigenvalue weighted by Gasteiger charge is 2.22. The fourth-order valence-corrected chi connectivity index (χ4v) is 3.14. The highest BCUT2D eigenvalue weighted by atomic mass is 19.1. The largest absolute Gasteiger partial charge is 0.480 e. The molecule has 0 amide bonds. The van der Waals surface area contributed by atoms with E-state index in [1.807, 2.05) is 0 Å². The number of carbonyl (C=O) groups is 1. The second-order valence-corrected chi connectivity index (χ2v) is 5.83. The first-order valence-corrected chi connectivity index (χ1v) is 7.73. The SMILES string of the molecule is O=C(O)Cn1c(CCc2ccc(F)cc2F)nc(=O)c2c1CCC2. The maximum absolute atomic E-state index is 13.7. The summed E-state index contributed by atoms with van der Waals surface area (Å²) >= 11 is 0. The Morgan fingerprint density at radius 1 is 1.25 bits per heavy atom. The third-order valence-corrected chi connectivity index (χ3v) is 4.24. The van der Waals surface area contributed by atoms with Crippen molar-refractivity contribution in [1.82, 2.24) is 9.55 Å². The Hall–Kier alpha value is -2.57. The van der Waals surface area contributed by atoms with Crippen molar-refractivity contribution in [2.45, 2.75) is 38.6 Å². The lowest BCUT2D eigenvalue weighted by Gasteiger charge is -2.15. The number of aliphatic carboxylic acids is 1.